The van der Waals surface area contributed by atoms with Crippen LogP contribution in [0, 0.1) is 0 Å². The average Bonchev–Trinajstić information content (AvgIpc) is 2.63. The van der Waals surface area contributed by atoms with Crippen molar-refractivity contribution in [2.75, 3.05) is 32.1 Å². The van der Waals surface area contributed by atoms with E-state index in [0.717, 1.165) is 24.2 Å². The molecule has 0 aliphatic rings. The first-order valence-electron chi connectivity index (χ1n) is 11.4. The van der Waals surface area contributed by atoms with Gasteiger partial charge in [0.1, 0.15) is 13.1 Å². The van der Waals surface area contributed by atoms with E-state index in [4.69, 9.17) is 0 Å². The lowest BCUT2D eigenvalue weighted by Gasteiger charge is -2.28. The molecule has 0 fully saturated rings. The first-order chi connectivity index (χ1) is 13.4. The van der Waals surface area contributed by atoms with Crippen LogP contribution in [0.3, 0.4) is 0 Å². The van der Waals surface area contributed by atoms with Crippen molar-refractivity contribution in [1.82, 2.24) is 0 Å². The summed E-state index contributed by atoms with van der Waals surface area (Å²) in [6.45, 7) is 3.43. The van der Waals surface area contributed by atoms with Crippen molar-refractivity contribution in [3.63, 3.8) is 0 Å². The van der Waals surface area contributed by atoms with Crippen LogP contribution in [0.5, 0.6) is 0 Å². The Morgan fingerprint density at radius 2 is 1.18 bits per heavy atom. The van der Waals surface area contributed by atoms with Gasteiger partial charge in [0.25, 0.3) is 0 Å². The molecule has 0 spiro atoms. The Hall–Kier alpha value is -0.210. The first-order valence-corrected chi connectivity index (χ1v) is 13.0. The molecule has 0 heterocycles. The van der Waals surface area contributed by atoms with Gasteiger partial charge in [-0.2, -0.15) is 0 Å². The van der Waals surface area contributed by atoms with Gasteiger partial charge < -0.3 is 19.7 Å². The molecule has 0 bridgehead atoms. The zero-order chi connectivity index (χ0) is 21.1. The second-order valence-corrected chi connectivity index (χ2v) is 9.55. The summed E-state index contributed by atoms with van der Waals surface area (Å²) in [5.41, 5.74) is 0. The van der Waals surface area contributed by atoms with Gasteiger partial charge in [0.15, 0.2) is 0 Å². The van der Waals surface area contributed by atoms with Gasteiger partial charge in [-0.3, -0.25) is 0 Å². The second-order valence-electron chi connectivity index (χ2n) is 8.03. The molecule has 7 heteroatoms. The van der Waals surface area contributed by atoms with Crippen molar-refractivity contribution < 1.29 is 28.1 Å². The molecular weight excluding hydrogens is 378 g/mol. The molecule has 0 amide bonds. The fourth-order valence-electron chi connectivity index (χ4n) is 3.93. The molecule has 0 saturated heterocycles. The van der Waals surface area contributed by atoms with Crippen LogP contribution in [0.15, 0.2) is 0 Å². The van der Waals surface area contributed by atoms with Gasteiger partial charge in [0.2, 0.25) is 0 Å². The van der Waals surface area contributed by atoms with E-state index in [9.17, 15) is 23.2 Å². The van der Waals surface area contributed by atoms with Crippen molar-refractivity contribution in [3.8, 4) is 0 Å². The predicted octanol–water partition coefficient (Wildman–Crippen LogP) is 2.25. The molecule has 3 N–H and O–H groups in total. The largest absolute Gasteiger partial charge is 0.748 e. The number of rotatable bonds is 21. The molecule has 0 aromatic carbocycles. The summed E-state index contributed by atoms with van der Waals surface area (Å²) in [5, 5.41) is 18.6. The molecule has 6 nitrogen and oxygen atoms in total. The molecule has 0 rings (SSSR count). The number of nitrogens with one attached hydrogen (secondary N) is 1. The zero-order valence-corrected chi connectivity index (χ0v) is 18.9. The topological polar surface area (TPSA) is 102 Å². The molecular formula is C21H45NO5S. The fraction of sp³-hybridized carbons (Fsp3) is 1.00. The van der Waals surface area contributed by atoms with Crippen LogP contribution in [0.1, 0.15) is 96.8 Å². The average molecular weight is 424 g/mol. The van der Waals surface area contributed by atoms with E-state index in [0.29, 0.717) is 25.9 Å². The Bertz CT molecular complexity index is 425. The first kappa shape index (κ1) is 27.8. The molecule has 1 atom stereocenters. The summed E-state index contributed by atoms with van der Waals surface area (Å²) in [6.07, 6.45) is 16.1. The lowest BCUT2D eigenvalue weighted by Crippen LogP contribution is -3.16. The SMILES string of the molecule is CCCCCCCCCCCCCC(CCCS(=O)(=O)[O-])[NH+](CCO)CCO. The lowest BCUT2D eigenvalue weighted by atomic mass is 10.0. The third kappa shape index (κ3) is 17.9. The maximum absolute atomic E-state index is 10.9. The highest BCUT2D eigenvalue weighted by Gasteiger charge is 2.21. The Morgan fingerprint density at radius 1 is 0.750 bits per heavy atom. The van der Waals surface area contributed by atoms with E-state index < -0.39 is 10.1 Å². The van der Waals surface area contributed by atoms with Crippen LogP contribution in [-0.4, -0.2) is 61.3 Å². The summed E-state index contributed by atoms with van der Waals surface area (Å²) < 4.78 is 32.6. The Balaban J connectivity index is 4.05. The number of hydrogen-bond donors (Lipinski definition) is 3. The number of aliphatic hydroxyl groups excluding tert-OH is 2. The third-order valence-corrected chi connectivity index (χ3v) is 6.33. The van der Waals surface area contributed by atoms with Gasteiger partial charge in [-0.1, -0.05) is 71.1 Å². The Morgan fingerprint density at radius 3 is 1.61 bits per heavy atom. The molecule has 170 valence electrons. The van der Waals surface area contributed by atoms with Crippen molar-refractivity contribution >= 4 is 10.1 Å². The molecule has 0 aromatic rings. The van der Waals surface area contributed by atoms with Crippen LogP contribution in [0.25, 0.3) is 0 Å². The van der Waals surface area contributed by atoms with Gasteiger partial charge in [-0.25, -0.2) is 8.42 Å². The summed E-state index contributed by atoms with van der Waals surface area (Å²) >= 11 is 0. The van der Waals surface area contributed by atoms with Gasteiger partial charge in [0, 0.05) is 12.2 Å². The van der Waals surface area contributed by atoms with Crippen molar-refractivity contribution in [2.24, 2.45) is 0 Å². The maximum atomic E-state index is 10.9. The van der Waals surface area contributed by atoms with E-state index in [1.807, 2.05) is 0 Å². The molecule has 0 aliphatic heterocycles. The van der Waals surface area contributed by atoms with E-state index >= 15 is 0 Å². The fourth-order valence-corrected chi connectivity index (χ4v) is 4.45. The Kier molecular flexibility index (Phi) is 18.7. The smallest absolute Gasteiger partial charge is 0.101 e. The van der Waals surface area contributed by atoms with Gasteiger partial charge in [-0.05, 0) is 19.3 Å². The van der Waals surface area contributed by atoms with E-state index in [-0.39, 0.29) is 25.0 Å². The van der Waals surface area contributed by atoms with Crippen LogP contribution in [0.4, 0.5) is 0 Å². The quantitative estimate of drug-likeness (QED) is 0.194. The second kappa shape index (κ2) is 18.8. The molecule has 28 heavy (non-hydrogen) atoms. The summed E-state index contributed by atoms with van der Waals surface area (Å²) in [7, 11) is -4.17. The summed E-state index contributed by atoms with van der Waals surface area (Å²) in [6, 6.07) is 0.194. The van der Waals surface area contributed by atoms with Crippen molar-refractivity contribution in [1.29, 1.82) is 0 Å². The van der Waals surface area contributed by atoms with Crippen molar-refractivity contribution in [2.45, 2.75) is 103 Å². The highest BCUT2D eigenvalue weighted by molar-refractivity contribution is 7.85. The number of quaternary nitrogens is 1. The zero-order valence-electron chi connectivity index (χ0n) is 18.0. The van der Waals surface area contributed by atoms with Gasteiger partial charge in [-0.15, -0.1) is 0 Å². The highest BCUT2D eigenvalue weighted by atomic mass is 32.2. The molecule has 1 unspecified atom stereocenters. The van der Waals surface area contributed by atoms with Crippen LogP contribution >= 0.6 is 0 Å². The van der Waals surface area contributed by atoms with E-state index in [1.165, 1.54) is 57.8 Å². The van der Waals surface area contributed by atoms with Crippen LogP contribution in [-0.2, 0) is 10.1 Å². The number of unbranched alkanes of at least 4 members (excludes halogenated alkanes) is 10. The summed E-state index contributed by atoms with van der Waals surface area (Å²) in [4.78, 5) is 1.11. The van der Waals surface area contributed by atoms with Crippen LogP contribution in [0.2, 0.25) is 0 Å². The van der Waals surface area contributed by atoms with Gasteiger partial charge in [0.05, 0.1) is 29.4 Å². The lowest BCUT2D eigenvalue weighted by molar-refractivity contribution is -0.926. The molecule has 0 aliphatic carbocycles. The van der Waals surface area contributed by atoms with Crippen molar-refractivity contribution in [3.05, 3.63) is 0 Å². The number of hydrogen-bond acceptors (Lipinski definition) is 5. The Labute approximate surface area is 173 Å². The normalized spacial score (nSPS) is 13.3. The minimum Gasteiger partial charge on any atom is -0.748 e. The van der Waals surface area contributed by atoms with E-state index in [2.05, 4.69) is 6.92 Å². The van der Waals surface area contributed by atoms with Crippen LogP contribution < -0.4 is 4.90 Å². The molecule has 0 aromatic heterocycles. The molecule has 0 saturated carbocycles. The predicted molar refractivity (Wildman–Crippen MR) is 114 cm³/mol. The van der Waals surface area contributed by atoms with Gasteiger partial charge >= 0.3 is 0 Å². The standard InChI is InChI=1S/C21H45NO5S/c1-2-3-4-5-6-7-8-9-10-11-12-14-21(15-13-20-28(25,26)27)22(16-18-23)17-19-24/h21,23-24H,2-20H2,1H3,(H,25,26,27). The minimum atomic E-state index is -4.17. The maximum Gasteiger partial charge on any atom is 0.101 e. The minimum absolute atomic E-state index is 0.0456. The molecule has 0 radical (unpaired) electrons. The third-order valence-electron chi connectivity index (χ3n) is 5.55. The number of aliphatic hydroxyl groups is 2. The summed E-state index contributed by atoms with van der Waals surface area (Å²) in [5.74, 6) is -0.326. The highest BCUT2D eigenvalue weighted by Crippen LogP contribution is 2.13. The monoisotopic (exact) mass is 423 g/mol. The van der Waals surface area contributed by atoms with E-state index in [1.54, 1.807) is 0 Å².